The fraction of sp³-hybridized carbons (Fsp3) is 0.348. The van der Waals surface area contributed by atoms with Crippen LogP contribution in [-0.4, -0.2) is 60.4 Å². The first-order valence-corrected chi connectivity index (χ1v) is 10.3. The molecule has 0 radical (unpaired) electrons. The summed E-state index contributed by atoms with van der Waals surface area (Å²) in [6, 6.07) is 13.7. The number of piperazine rings is 1. The van der Waals surface area contributed by atoms with Crippen molar-refractivity contribution in [3.8, 4) is 0 Å². The van der Waals surface area contributed by atoms with E-state index in [1.54, 1.807) is 0 Å². The first-order chi connectivity index (χ1) is 14.8. The highest BCUT2D eigenvalue weighted by Gasteiger charge is 2.31. The Morgan fingerprint density at radius 3 is 2.29 bits per heavy atom. The van der Waals surface area contributed by atoms with Crippen molar-refractivity contribution < 1.29 is 14.4 Å². The summed E-state index contributed by atoms with van der Waals surface area (Å²) in [5.74, 6) is -0.506. The van der Waals surface area contributed by atoms with Gasteiger partial charge in [0.05, 0.1) is 6.54 Å². The van der Waals surface area contributed by atoms with Crippen LogP contribution in [0.25, 0.3) is 0 Å². The average molecular weight is 424 g/mol. The molecule has 0 aliphatic carbocycles. The van der Waals surface area contributed by atoms with Gasteiger partial charge >= 0.3 is 6.03 Å². The van der Waals surface area contributed by atoms with Crippen molar-refractivity contribution in [2.75, 3.05) is 38.0 Å². The van der Waals surface area contributed by atoms with Crippen molar-refractivity contribution in [1.29, 1.82) is 0 Å². The van der Waals surface area contributed by atoms with Crippen LogP contribution in [0.15, 0.2) is 48.5 Å². The standard InChI is InChI=1S/C23H29N5O3/c1-16-7-6-10-19(17(16)2)25-20(29)15-27-11-13-28(14-12-27)21(22(30)26-23(24)31)18-8-4-3-5-9-18/h3-10,21H,11-15H2,1-2H3,(H,25,29)(H3,24,26,30,31)/t21-/m0/s1. The summed E-state index contributed by atoms with van der Waals surface area (Å²) in [6.07, 6.45) is 0. The minimum Gasteiger partial charge on any atom is -0.351 e. The third kappa shape index (κ3) is 5.90. The Labute approximate surface area is 182 Å². The number of aryl methyl sites for hydroxylation is 1. The van der Waals surface area contributed by atoms with Crippen LogP contribution in [0.2, 0.25) is 0 Å². The van der Waals surface area contributed by atoms with Gasteiger partial charge < -0.3 is 11.1 Å². The Morgan fingerprint density at radius 1 is 0.968 bits per heavy atom. The van der Waals surface area contributed by atoms with E-state index in [2.05, 4.69) is 15.5 Å². The molecule has 1 aliphatic rings. The quantitative estimate of drug-likeness (QED) is 0.657. The number of hydrogen-bond acceptors (Lipinski definition) is 5. The zero-order valence-corrected chi connectivity index (χ0v) is 17.9. The predicted molar refractivity (Wildman–Crippen MR) is 119 cm³/mol. The summed E-state index contributed by atoms with van der Waals surface area (Å²) in [5.41, 5.74) is 8.97. The fourth-order valence-electron chi connectivity index (χ4n) is 3.81. The Hall–Kier alpha value is -3.23. The molecule has 4 N–H and O–H groups in total. The van der Waals surface area contributed by atoms with E-state index in [4.69, 9.17) is 5.73 Å². The molecule has 2 aromatic carbocycles. The van der Waals surface area contributed by atoms with Gasteiger partial charge in [-0.2, -0.15) is 0 Å². The third-order valence-corrected chi connectivity index (χ3v) is 5.63. The first kappa shape index (κ1) is 22.5. The SMILES string of the molecule is Cc1cccc(NC(=O)CN2CCN([C@H](C(=O)NC(N)=O)c3ccccc3)CC2)c1C. The lowest BCUT2D eigenvalue weighted by molar-refractivity contribution is -0.127. The molecule has 0 aromatic heterocycles. The second-order valence-electron chi connectivity index (χ2n) is 7.77. The summed E-state index contributed by atoms with van der Waals surface area (Å²) in [6.45, 7) is 6.73. The number of urea groups is 1. The lowest BCUT2D eigenvalue weighted by Gasteiger charge is -2.38. The maximum absolute atomic E-state index is 12.6. The van der Waals surface area contributed by atoms with Crippen LogP contribution in [0.1, 0.15) is 22.7 Å². The van der Waals surface area contributed by atoms with E-state index in [-0.39, 0.29) is 12.5 Å². The molecule has 164 valence electrons. The lowest BCUT2D eigenvalue weighted by Crippen LogP contribution is -2.53. The number of carbonyl (C=O) groups excluding carboxylic acids is 3. The monoisotopic (exact) mass is 423 g/mol. The van der Waals surface area contributed by atoms with Gasteiger partial charge in [-0.15, -0.1) is 0 Å². The zero-order chi connectivity index (χ0) is 22.4. The van der Waals surface area contributed by atoms with Gasteiger partial charge in [0.2, 0.25) is 11.8 Å². The van der Waals surface area contributed by atoms with Crippen LogP contribution in [0.5, 0.6) is 0 Å². The maximum Gasteiger partial charge on any atom is 0.318 e. The number of imide groups is 1. The molecule has 8 nitrogen and oxygen atoms in total. The van der Waals surface area contributed by atoms with Gasteiger partial charge in [-0.1, -0.05) is 42.5 Å². The van der Waals surface area contributed by atoms with Gasteiger partial charge in [0.15, 0.2) is 0 Å². The highest BCUT2D eigenvalue weighted by molar-refractivity contribution is 5.97. The summed E-state index contributed by atoms with van der Waals surface area (Å²) in [5, 5.41) is 5.19. The average Bonchev–Trinajstić information content (AvgIpc) is 2.73. The Bertz CT molecular complexity index is 939. The van der Waals surface area contributed by atoms with Gasteiger partial charge in [0, 0.05) is 31.9 Å². The molecule has 0 bridgehead atoms. The number of carbonyl (C=O) groups is 3. The van der Waals surface area contributed by atoms with Crippen molar-refractivity contribution in [2.45, 2.75) is 19.9 Å². The molecule has 8 heteroatoms. The highest BCUT2D eigenvalue weighted by atomic mass is 16.2. The van der Waals surface area contributed by atoms with Crippen molar-refractivity contribution in [3.63, 3.8) is 0 Å². The molecule has 31 heavy (non-hydrogen) atoms. The van der Waals surface area contributed by atoms with E-state index >= 15 is 0 Å². The summed E-state index contributed by atoms with van der Waals surface area (Å²) < 4.78 is 0. The van der Waals surface area contributed by atoms with E-state index in [1.807, 2.05) is 67.3 Å². The molecule has 1 atom stereocenters. The Morgan fingerprint density at radius 2 is 1.65 bits per heavy atom. The molecule has 3 rings (SSSR count). The number of nitrogens with one attached hydrogen (secondary N) is 2. The van der Waals surface area contributed by atoms with E-state index in [9.17, 15) is 14.4 Å². The lowest BCUT2D eigenvalue weighted by atomic mass is 10.0. The number of nitrogens with two attached hydrogens (primary N) is 1. The number of hydrogen-bond donors (Lipinski definition) is 3. The topological polar surface area (TPSA) is 108 Å². The molecule has 0 saturated carbocycles. The van der Waals surface area contributed by atoms with Gasteiger partial charge in [0.1, 0.15) is 6.04 Å². The van der Waals surface area contributed by atoms with Gasteiger partial charge in [-0.3, -0.25) is 24.7 Å². The minimum atomic E-state index is -0.868. The van der Waals surface area contributed by atoms with Crippen LogP contribution < -0.4 is 16.4 Å². The fourth-order valence-corrected chi connectivity index (χ4v) is 3.81. The molecule has 1 saturated heterocycles. The number of amides is 4. The van der Waals surface area contributed by atoms with E-state index in [0.717, 1.165) is 22.4 Å². The number of primary amides is 1. The first-order valence-electron chi connectivity index (χ1n) is 10.3. The number of nitrogens with zero attached hydrogens (tertiary/aromatic N) is 2. The van der Waals surface area contributed by atoms with Crippen LogP contribution in [0, 0.1) is 13.8 Å². The Balaban J connectivity index is 1.60. The largest absolute Gasteiger partial charge is 0.351 e. The number of anilines is 1. The normalized spacial score (nSPS) is 15.8. The van der Waals surface area contributed by atoms with Crippen molar-refractivity contribution in [3.05, 3.63) is 65.2 Å². The van der Waals surface area contributed by atoms with Gasteiger partial charge in [-0.05, 0) is 36.6 Å². The summed E-state index contributed by atoms with van der Waals surface area (Å²) >= 11 is 0. The summed E-state index contributed by atoms with van der Waals surface area (Å²) in [4.78, 5) is 40.5. The molecule has 0 unspecified atom stereocenters. The highest BCUT2D eigenvalue weighted by Crippen LogP contribution is 2.23. The number of benzene rings is 2. The maximum atomic E-state index is 12.6. The molecule has 4 amide bonds. The van der Waals surface area contributed by atoms with Crippen LogP contribution in [0.3, 0.4) is 0 Å². The predicted octanol–water partition coefficient (Wildman–Crippen LogP) is 1.80. The molecule has 1 fully saturated rings. The second-order valence-corrected chi connectivity index (χ2v) is 7.77. The van der Waals surface area contributed by atoms with Crippen LogP contribution in [0.4, 0.5) is 10.5 Å². The van der Waals surface area contributed by atoms with Crippen LogP contribution in [-0.2, 0) is 9.59 Å². The number of rotatable bonds is 6. The van der Waals surface area contributed by atoms with E-state index in [0.29, 0.717) is 26.2 Å². The van der Waals surface area contributed by atoms with E-state index in [1.165, 1.54) is 0 Å². The molecule has 2 aromatic rings. The third-order valence-electron chi connectivity index (χ3n) is 5.63. The van der Waals surface area contributed by atoms with E-state index < -0.39 is 18.0 Å². The molecule has 1 aliphatic heterocycles. The van der Waals surface area contributed by atoms with Crippen molar-refractivity contribution in [2.24, 2.45) is 5.73 Å². The molecular formula is C23H29N5O3. The van der Waals surface area contributed by atoms with Crippen molar-refractivity contribution in [1.82, 2.24) is 15.1 Å². The smallest absolute Gasteiger partial charge is 0.318 e. The molecular weight excluding hydrogens is 394 g/mol. The minimum absolute atomic E-state index is 0.0618. The molecule has 1 heterocycles. The second kappa shape index (κ2) is 10.2. The van der Waals surface area contributed by atoms with Crippen molar-refractivity contribution >= 4 is 23.5 Å². The van der Waals surface area contributed by atoms with Crippen LogP contribution >= 0.6 is 0 Å². The van der Waals surface area contributed by atoms with Gasteiger partial charge in [-0.25, -0.2) is 4.79 Å². The Kier molecular flexibility index (Phi) is 7.38. The summed E-state index contributed by atoms with van der Waals surface area (Å²) in [7, 11) is 0. The zero-order valence-electron chi connectivity index (χ0n) is 17.9. The van der Waals surface area contributed by atoms with Gasteiger partial charge in [0.25, 0.3) is 0 Å². The molecule has 0 spiro atoms.